The largest absolute Gasteiger partial charge is 0.497 e. The number of methoxy groups -OCH3 is 1. The van der Waals surface area contributed by atoms with Crippen LogP contribution in [-0.4, -0.2) is 18.2 Å². The number of fused-ring (bicyclic) bond motifs is 1. The maximum absolute atomic E-state index is 11.4. The van der Waals surface area contributed by atoms with Crippen LogP contribution in [0.25, 0.3) is 11.0 Å². The lowest BCUT2D eigenvalue weighted by atomic mass is 10.2. The summed E-state index contributed by atoms with van der Waals surface area (Å²) in [5.41, 5.74) is 0.695. The minimum atomic E-state index is -0.0647. The molecule has 0 aliphatic carbocycles. The molecule has 0 radical (unpaired) electrons. The van der Waals surface area contributed by atoms with E-state index in [4.69, 9.17) is 9.15 Å². The van der Waals surface area contributed by atoms with Crippen LogP contribution < -0.4 is 4.74 Å². The molecule has 0 amide bonds. The summed E-state index contributed by atoms with van der Waals surface area (Å²) in [6.07, 6.45) is 0. The van der Waals surface area contributed by atoms with Crippen molar-refractivity contribution in [1.29, 1.82) is 0 Å². The number of hydrogen-bond acceptors (Lipinski definition) is 3. The van der Waals surface area contributed by atoms with Gasteiger partial charge in [-0.3, -0.25) is 4.79 Å². The number of carbonyl (C=O) groups is 1. The van der Waals surface area contributed by atoms with Gasteiger partial charge in [-0.1, -0.05) is 15.9 Å². The van der Waals surface area contributed by atoms with Gasteiger partial charge in [0.25, 0.3) is 0 Å². The number of hydrogen-bond donors (Lipinski definition) is 0. The van der Waals surface area contributed by atoms with Gasteiger partial charge in [-0.05, 0) is 24.3 Å². The molecule has 15 heavy (non-hydrogen) atoms. The molecular formula is C11H9BrO3. The number of ketones is 1. The summed E-state index contributed by atoms with van der Waals surface area (Å²) in [5.74, 6) is 1.06. The van der Waals surface area contributed by atoms with E-state index in [2.05, 4.69) is 15.9 Å². The molecule has 78 valence electrons. The van der Waals surface area contributed by atoms with Gasteiger partial charge < -0.3 is 9.15 Å². The first-order valence-corrected chi connectivity index (χ1v) is 5.53. The van der Waals surface area contributed by atoms with Crippen molar-refractivity contribution < 1.29 is 13.9 Å². The van der Waals surface area contributed by atoms with Crippen molar-refractivity contribution in [3.63, 3.8) is 0 Å². The van der Waals surface area contributed by atoms with Crippen LogP contribution in [0.1, 0.15) is 10.6 Å². The Bertz CT molecular complexity index is 502. The third-order valence-corrected chi connectivity index (χ3v) is 2.63. The highest BCUT2D eigenvalue weighted by Crippen LogP contribution is 2.24. The standard InChI is InChI=1S/C11H9BrO3/c1-14-8-2-3-10-7(4-8)5-11(15-10)9(13)6-12/h2-5H,6H2,1H3. The highest BCUT2D eigenvalue weighted by Gasteiger charge is 2.10. The van der Waals surface area contributed by atoms with Crippen molar-refractivity contribution in [2.24, 2.45) is 0 Å². The number of ether oxygens (including phenoxy) is 1. The zero-order chi connectivity index (χ0) is 10.8. The summed E-state index contributed by atoms with van der Waals surface area (Å²) in [6, 6.07) is 7.15. The Morgan fingerprint density at radius 1 is 1.47 bits per heavy atom. The molecule has 0 aliphatic rings. The maximum atomic E-state index is 11.4. The molecule has 0 spiro atoms. The van der Waals surface area contributed by atoms with Crippen LogP contribution in [-0.2, 0) is 0 Å². The Morgan fingerprint density at radius 2 is 2.27 bits per heavy atom. The van der Waals surface area contributed by atoms with Gasteiger partial charge in [0.2, 0.25) is 5.78 Å². The normalized spacial score (nSPS) is 10.5. The van der Waals surface area contributed by atoms with Crippen molar-refractivity contribution >= 4 is 32.7 Å². The first kappa shape index (κ1) is 10.2. The van der Waals surface area contributed by atoms with Crippen molar-refractivity contribution in [2.75, 3.05) is 12.4 Å². The molecule has 2 rings (SSSR count). The summed E-state index contributed by atoms with van der Waals surface area (Å²) in [4.78, 5) is 11.4. The molecule has 4 heteroatoms. The monoisotopic (exact) mass is 268 g/mol. The average molecular weight is 269 g/mol. The van der Waals surface area contributed by atoms with Crippen LogP contribution in [0.2, 0.25) is 0 Å². The molecule has 0 atom stereocenters. The molecule has 0 saturated heterocycles. The zero-order valence-electron chi connectivity index (χ0n) is 8.12. The molecule has 0 aliphatic heterocycles. The quantitative estimate of drug-likeness (QED) is 0.635. The lowest BCUT2D eigenvalue weighted by molar-refractivity contribution is 0.0995. The number of rotatable bonds is 3. The van der Waals surface area contributed by atoms with Crippen LogP contribution in [0, 0.1) is 0 Å². The second-order valence-electron chi connectivity index (χ2n) is 3.07. The Morgan fingerprint density at radius 3 is 2.93 bits per heavy atom. The van der Waals surface area contributed by atoms with Gasteiger partial charge >= 0.3 is 0 Å². The molecule has 1 aromatic carbocycles. The van der Waals surface area contributed by atoms with E-state index in [1.54, 1.807) is 25.3 Å². The summed E-state index contributed by atoms with van der Waals surface area (Å²) in [5, 5.41) is 1.14. The second kappa shape index (κ2) is 4.06. The van der Waals surface area contributed by atoms with Crippen molar-refractivity contribution in [3.8, 4) is 5.75 Å². The highest BCUT2D eigenvalue weighted by molar-refractivity contribution is 9.09. The van der Waals surface area contributed by atoms with Gasteiger partial charge in [0, 0.05) is 5.39 Å². The summed E-state index contributed by atoms with van der Waals surface area (Å²) < 4.78 is 10.5. The number of benzene rings is 1. The molecule has 0 N–H and O–H groups in total. The van der Waals surface area contributed by atoms with E-state index in [1.807, 2.05) is 6.07 Å². The minimum absolute atomic E-state index is 0.0647. The van der Waals surface area contributed by atoms with Crippen LogP contribution in [0.15, 0.2) is 28.7 Å². The fourth-order valence-corrected chi connectivity index (χ4v) is 1.63. The summed E-state index contributed by atoms with van der Waals surface area (Å²) >= 11 is 3.10. The van der Waals surface area contributed by atoms with Gasteiger partial charge in [0.15, 0.2) is 5.76 Å². The molecule has 2 aromatic rings. The van der Waals surface area contributed by atoms with E-state index in [0.29, 0.717) is 11.3 Å². The van der Waals surface area contributed by atoms with E-state index < -0.39 is 0 Å². The predicted molar refractivity (Wildman–Crippen MR) is 60.9 cm³/mol. The SMILES string of the molecule is COc1ccc2oc(C(=O)CBr)cc2c1. The van der Waals surface area contributed by atoms with E-state index in [0.717, 1.165) is 11.1 Å². The lowest BCUT2D eigenvalue weighted by Gasteiger charge is -1.96. The highest BCUT2D eigenvalue weighted by atomic mass is 79.9. The smallest absolute Gasteiger partial charge is 0.208 e. The Hall–Kier alpha value is -1.29. The van der Waals surface area contributed by atoms with E-state index in [1.165, 1.54) is 0 Å². The topological polar surface area (TPSA) is 39.4 Å². The number of carbonyl (C=O) groups excluding carboxylic acids is 1. The van der Waals surface area contributed by atoms with E-state index in [9.17, 15) is 4.79 Å². The Labute approximate surface area is 95.1 Å². The molecule has 1 aromatic heterocycles. The number of Topliss-reactive ketones (excluding diaryl/α,β-unsaturated/α-hetero) is 1. The van der Waals surface area contributed by atoms with Crippen molar-refractivity contribution in [3.05, 3.63) is 30.0 Å². The van der Waals surface area contributed by atoms with E-state index in [-0.39, 0.29) is 11.1 Å². The fourth-order valence-electron chi connectivity index (χ4n) is 1.35. The molecule has 0 saturated carbocycles. The van der Waals surface area contributed by atoms with Gasteiger partial charge in [0.05, 0.1) is 12.4 Å². The molecule has 0 fully saturated rings. The molecular weight excluding hydrogens is 260 g/mol. The average Bonchev–Trinajstić information content (AvgIpc) is 2.70. The fraction of sp³-hybridized carbons (Fsp3) is 0.182. The molecule has 1 heterocycles. The number of alkyl halides is 1. The lowest BCUT2D eigenvalue weighted by Crippen LogP contribution is -1.96. The van der Waals surface area contributed by atoms with Gasteiger partial charge in [-0.15, -0.1) is 0 Å². The van der Waals surface area contributed by atoms with Gasteiger partial charge in [0.1, 0.15) is 11.3 Å². The van der Waals surface area contributed by atoms with Crippen LogP contribution in [0.4, 0.5) is 0 Å². The first-order chi connectivity index (χ1) is 7.24. The van der Waals surface area contributed by atoms with Crippen LogP contribution in [0.5, 0.6) is 5.75 Å². The molecule has 0 bridgehead atoms. The Kier molecular flexibility index (Phi) is 2.77. The maximum Gasteiger partial charge on any atom is 0.208 e. The summed E-state index contributed by atoms with van der Waals surface area (Å²) in [7, 11) is 1.60. The third-order valence-electron chi connectivity index (χ3n) is 2.12. The third kappa shape index (κ3) is 1.90. The van der Waals surface area contributed by atoms with Gasteiger partial charge in [-0.2, -0.15) is 0 Å². The predicted octanol–water partition coefficient (Wildman–Crippen LogP) is 3.02. The molecule has 0 unspecified atom stereocenters. The first-order valence-electron chi connectivity index (χ1n) is 4.41. The van der Waals surface area contributed by atoms with Crippen LogP contribution >= 0.6 is 15.9 Å². The van der Waals surface area contributed by atoms with Crippen molar-refractivity contribution in [2.45, 2.75) is 0 Å². The second-order valence-corrected chi connectivity index (χ2v) is 3.63. The van der Waals surface area contributed by atoms with Gasteiger partial charge in [-0.25, -0.2) is 0 Å². The summed E-state index contributed by atoms with van der Waals surface area (Å²) in [6.45, 7) is 0. The van der Waals surface area contributed by atoms with E-state index >= 15 is 0 Å². The number of furan rings is 1. The van der Waals surface area contributed by atoms with Crippen LogP contribution in [0.3, 0.4) is 0 Å². The number of halogens is 1. The zero-order valence-corrected chi connectivity index (χ0v) is 9.71. The van der Waals surface area contributed by atoms with Crippen molar-refractivity contribution in [1.82, 2.24) is 0 Å². The molecule has 3 nitrogen and oxygen atoms in total. The Balaban J connectivity index is 2.51. The minimum Gasteiger partial charge on any atom is -0.497 e.